The zero-order valence-electron chi connectivity index (χ0n) is 8.14. The summed E-state index contributed by atoms with van der Waals surface area (Å²) in [4.78, 5) is 21.8. The van der Waals surface area contributed by atoms with Crippen LogP contribution >= 0.6 is 22.6 Å². The van der Waals surface area contributed by atoms with Crippen molar-refractivity contribution in [2.75, 3.05) is 0 Å². The van der Waals surface area contributed by atoms with Crippen molar-refractivity contribution in [2.24, 2.45) is 0 Å². The van der Waals surface area contributed by atoms with Gasteiger partial charge in [0.05, 0.1) is 5.56 Å². The molecule has 0 saturated heterocycles. The third kappa shape index (κ3) is 3.88. The van der Waals surface area contributed by atoms with Crippen LogP contribution in [0.4, 0.5) is 13.2 Å². The number of nitrogens with one attached hydrogen (secondary N) is 2. The molecule has 1 aromatic carbocycles. The van der Waals surface area contributed by atoms with Crippen LogP contribution in [0, 0.1) is 3.57 Å². The van der Waals surface area contributed by atoms with Crippen LogP contribution in [0.5, 0.6) is 0 Å². The van der Waals surface area contributed by atoms with Crippen molar-refractivity contribution in [3.8, 4) is 0 Å². The van der Waals surface area contributed by atoms with Crippen LogP contribution in [-0.4, -0.2) is 18.0 Å². The van der Waals surface area contributed by atoms with E-state index in [1.54, 1.807) is 23.6 Å². The van der Waals surface area contributed by atoms with E-state index in [0.29, 0.717) is 3.57 Å². The monoisotopic (exact) mass is 358 g/mol. The molecule has 0 atom stereocenters. The number of halogens is 4. The molecule has 0 aliphatic carbocycles. The van der Waals surface area contributed by atoms with Crippen LogP contribution in [0.2, 0.25) is 0 Å². The van der Waals surface area contributed by atoms with Gasteiger partial charge in [-0.05, 0) is 34.7 Å². The average Bonchev–Trinajstić information content (AvgIpc) is 2.24. The van der Waals surface area contributed by atoms with E-state index in [0.717, 1.165) is 0 Å². The summed E-state index contributed by atoms with van der Waals surface area (Å²) in [7, 11) is 0. The lowest BCUT2D eigenvalue weighted by Crippen LogP contribution is -2.47. The summed E-state index contributed by atoms with van der Waals surface area (Å²) in [5.74, 6) is -3.04. The highest BCUT2D eigenvalue weighted by Gasteiger charge is 2.39. The normalized spacial score (nSPS) is 10.8. The molecule has 0 aliphatic rings. The predicted octanol–water partition coefficient (Wildman–Crippen LogP) is 1.61. The molecule has 0 fully saturated rings. The first-order valence-corrected chi connectivity index (χ1v) is 5.32. The van der Waals surface area contributed by atoms with Gasteiger partial charge in [-0.25, -0.2) is 0 Å². The molecule has 0 bridgehead atoms. The maximum atomic E-state index is 11.8. The van der Waals surface area contributed by atoms with Crippen LogP contribution in [0.15, 0.2) is 24.3 Å². The Bertz CT molecular complexity index is 448. The number of hydrogen-bond acceptors (Lipinski definition) is 2. The summed E-state index contributed by atoms with van der Waals surface area (Å²) in [6.45, 7) is 0. The Morgan fingerprint density at radius 1 is 1.12 bits per heavy atom. The summed E-state index contributed by atoms with van der Waals surface area (Å²) in [6.07, 6.45) is -5.03. The second-order valence-corrected chi connectivity index (χ2v) is 4.05. The van der Waals surface area contributed by atoms with Crippen LogP contribution in [-0.2, 0) is 4.79 Å². The molecule has 0 spiro atoms. The van der Waals surface area contributed by atoms with Crippen LogP contribution in [0.1, 0.15) is 10.4 Å². The van der Waals surface area contributed by atoms with E-state index in [9.17, 15) is 22.8 Å². The number of amides is 2. The van der Waals surface area contributed by atoms with Gasteiger partial charge >= 0.3 is 12.1 Å². The predicted molar refractivity (Wildman–Crippen MR) is 60.8 cm³/mol. The molecule has 2 N–H and O–H groups in total. The van der Waals surface area contributed by atoms with E-state index in [-0.39, 0.29) is 5.56 Å². The number of hydrazine groups is 1. The molecular weight excluding hydrogens is 352 g/mol. The first-order valence-electron chi connectivity index (χ1n) is 4.24. The summed E-state index contributed by atoms with van der Waals surface area (Å²) >= 11 is 1.85. The molecule has 0 unspecified atom stereocenters. The molecule has 0 radical (unpaired) electrons. The minimum absolute atomic E-state index is 0.176. The number of alkyl halides is 3. The molecule has 92 valence electrons. The van der Waals surface area contributed by atoms with Crippen molar-refractivity contribution in [2.45, 2.75) is 6.18 Å². The van der Waals surface area contributed by atoms with Gasteiger partial charge in [0.1, 0.15) is 0 Å². The molecule has 4 nitrogen and oxygen atoms in total. The van der Waals surface area contributed by atoms with Crippen molar-refractivity contribution in [3.63, 3.8) is 0 Å². The Balaban J connectivity index is 2.63. The van der Waals surface area contributed by atoms with Gasteiger partial charge in [-0.2, -0.15) is 13.2 Å². The minimum atomic E-state index is -5.03. The molecule has 2 amide bonds. The maximum Gasteiger partial charge on any atom is 0.472 e. The van der Waals surface area contributed by atoms with Gasteiger partial charge in [-0.15, -0.1) is 0 Å². The first kappa shape index (κ1) is 13.7. The molecule has 17 heavy (non-hydrogen) atoms. The molecule has 0 heterocycles. The highest BCUT2D eigenvalue weighted by atomic mass is 127. The second kappa shape index (κ2) is 5.34. The fourth-order valence-corrected chi connectivity index (χ4v) is 1.53. The second-order valence-electron chi connectivity index (χ2n) is 2.89. The Morgan fingerprint density at radius 2 is 1.71 bits per heavy atom. The topological polar surface area (TPSA) is 58.2 Å². The zero-order chi connectivity index (χ0) is 13.1. The number of benzene rings is 1. The fraction of sp³-hybridized carbons (Fsp3) is 0.111. The summed E-state index contributed by atoms with van der Waals surface area (Å²) in [5, 5.41) is 0. The molecular formula is C9H6F3IN2O2. The Kier molecular flexibility index (Phi) is 4.32. The van der Waals surface area contributed by atoms with E-state index in [1.807, 2.05) is 22.6 Å². The van der Waals surface area contributed by atoms with Crippen molar-refractivity contribution < 1.29 is 22.8 Å². The molecule has 0 aromatic heterocycles. The van der Waals surface area contributed by atoms with E-state index < -0.39 is 18.0 Å². The van der Waals surface area contributed by atoms with E-state index in [1.165, 1.54) is 11.5 Å². The Labute approximate surface area is 108 Å². The van der Waals surface area contributed by atoms with Crippen molar-refractivity contribution in [3.05, 3.63) is 33.4 Å². The lowest BCUT2D eigenvalue weighted by Gasteiger charge is -2.09. The van der Waals surface area contributed by atoms with Crippen molar-refractivity contribution >= 4 is 34.4 Å². The van der Waals surface area contributed by atoms with Crippen molar-refractivity contribution in [1.29, 1.82) is 0 Å². The summed E-state index contributed by atoms with van der Waals surface area (Å²) < 4.78 is 36.0. The van der Waals surface area contributed by atoms with Crippen LogP contribution in [0.3, 0.4) is 0 Å². The standard InChI is InChI=1S/C9H6F3IN2O2/c10-9(11,12)8(17)15-14-7(16)5-3-1-2-4-6(5)13/h1-4H,(H,14,16)(H,15,17). The molecule has 0 aliphatic heterocycles. The van der Waals surface area contributed by atoms with Gasteiger partial charge in [0.25, 0.3) is 5.91 Å². The largest absolute Gasteiger partial charge is 0.472 e. The van der Waals surface area contributed by atoms with E-state index in [4.69, 9.17) is 0 Å². The summed E-state index contributed by atoms with van der Waals surface area (Å²) in [5.41, 5.74) is 3.14. The molecule has 1 aromatic rings. The molecule has 0 saturated carbocycles. The van der Waals surface area contributed by atoms with E-state index >= 15 is 0 Å². The van der Waals surface area contributed by atoms with Crippen molar-refractivity contribution in [1.82, 2.24) is 10.9 Å². The highest BCUT2D eigenvalue weighted by molar-refractivity contribution is 14.1. The molecule has 1 rings (SSSR count). The third-order valence-corrected chi connectivity index (χ3v) is 2.61. The average molecular weight is 358 g/mol. The minimum Gasteiger partial charge on any atom is -0.267 e. The first-order chi connectivity index (χ1) is 7.82. The van der Waals surface area contributed by atoms with Gasteiger partial charge in [0.15, 0.2) is 0 Å². The van der Waals surface area contributed by atoms with E-state index in [2.05, 4.69) is 0 Å². The van der Waals surface area contributed by atoms with Gasteiger partial charge in [0.2, 0.25) is 0 Å². The van der Waals surface area contributed by atoms with Gasteiger partial charge < -0.3 is 0 Å². The smallest absolute Gasteiger partial charge is 0.267 e. The van der Waals surface area contributed by atoms with Gasteiger partial charge in [0, 0.05) is 3.57 Å². The fourth-order valence-electron chi connectivity index (χ4n) is 0.897. The highest BCUT2D eigenvalue weighted by Crippen LogP contribution is 2.14. The number of hydrogen-bond donors (Lipinski definition) is 2. The lowest BCUT2D eigenvalue weighted by molar-refractivity contribution is -0.174. The molecule has 8 heteroatoms. The number of carbonyl (C=O) groups is 2. The lowest BCUT2D eigenvalue weighted by atomic mass is 10.2. The van der Waals surface area contributed by atoms with Gasteiger partial charge in [-0.1, -0.05) is 12.1 Å². The maximum absolute atomic E-state index is 11.8. The quantitative estimate of drug-likeness (QED) is 0.592. The van der Waals surface area contributed by atoms with Crippen LogP contribution in [0.25, 0.3) is 0 Å². The Hall–Kier alpha value is -1.32. The summed E-state index contributed by atoms with van der Waals surface area (Å²) in [6, 6.07) is 6.27. The number of carbonyl (C=O) groups excluding carboxylic acids is 2. The van der Waals surface area contributed by atoms with Crippen LogP contribution < -0.4 is 10.9 Å². The van der Waals surface area contributed by atoms with Gasteiger partial charge in [-0.3, -0.25) is 20.4 Å². The Morgan fingerprint density at radius 3 is 2.24 bits per heavy atom. The number of rotatable bonds is 1. The SMILES string of the molecule is O=C(NNC(=O)C(F)(F)F)c1ccccc1I. The third-order valence-electron chi connectivity index (χ3n) is 1.67. The zero-order valence-corrected chi connectivity index (χ0v) is 10.3.